The van der Waals surface area contributed by atoms with Gasteiger partial charge in [0.15, 0.2) is 8.32 Å². The van der Waals surface area contributed by atoms with Crippen LogP contribution in [-0.2, 0) is 11.0 Å². The highest BCUT2D eigenvalue weighted by atomic mass is 127. The molecule has 4 heteroatoms. The first-order chi connectivity index (χ1) is 7.63. The van der Waals surface area contributed by atoms with Crippen LogP contribution in [0.25, 0.3) is 0 Å². The van der Waals surface area contributed by atoms with Gasteiger partial charge in [0, 0.05) is 8.04 Å². The average molecular weight is 427 g/mol. The zero-order valence-corrected chi connectivity index (χ0v) is 15.8. The minimum absolute atomic E-state index is 0.268. The number of hydrogen-bond acceptors (Lipinski definition) is 1. The van der Waals surface area contributed by atoms with E-state index in [1.165, 1.54) is 9.13 Å². The number of benzene rings is 1. The van der Waals surface area contributed by atoms with Crippen molar-refractivity contribution in [2.45, 2.75) is 45.5 Å². The van der Waals surface area contributed by atoms with Gasteiger partial charge in [-0.15, -0.1) is 0 Å². The molecule has 0 amide bonds. The molecule has 0 bridgehead atoms. The molecule has 1 aromatic rings. The van der Waals surface area contributed by atoms with Crippen LogP contribution in [0.2, 0.25) is 18.1 Å². The van der Waals surface area contributed by atoms with Crippen LogP contribution in [0.1, 0.15) is 26.3 Å². The van der Waals surface area contributed by atoms with E-state index in [0.717, 1.165) is 4.47 Å². The highest BCUT2D eigenvalue weighted by Gasteiger charge is 2.37. The summed E-state index contributed by atoms with van der Waals surface area (Å²) in [6, 6.07) is 6.33. The molecule has 0 N–H and O–H groups in total. The van der Waals surface area contributed by atoms with E-state index in [1.54, 1.807) is 0 Å². The van der Waals surface area contributed by atoms with Gasteiger partial charge < -0.3 is 4.43 Å². The summed E-state index contributed by atoms with van der Waals surface area (Å²) in [6.45, 7) is 12.1. The van der Waals surface area contributed by atoms with Crippen molar-refractivity contribution in [2.24, 2.45) is 0 Å². The van der Waals surface area contributed by atoms with Crippen LogP contribution < -0.4 is 0 Å². The monoisotopic (exact) mass is 426 g/mol. The molecule has 0 heterocycles. The Morgan fingerprint density at radius 1 is 1.29 bits per heavy atom. The van der Waals surface area contributed by atoms with Gasteiger partial charge in [0.05, 0.1) is 6.61 Å². The molecule has 1 rings (SSSR count). The molecule has 0 aliphatic carbocycles. The summed E-state index contributed by atoms with van der Waals surface area (Å²) < 4.78 is 8.61. The highest BCUT2D eigenvalue weighted by molar-refractivity contribution is 14.1. The average Bonchev–Trinajstić information content (AvgIpc) is 2.18. The van der Waals surface area contributed by atoms with Crippen LogP contribution in [-0.4, -0.2) is 8.32 Å². The van der Waals surface area contributed by atoms with Gasteiger partial charge in [-0.05, 0) is 64.5 Å². The molecule has 0 aliphatic rings. The Kier molecular flexibility index (Phi) is 5.26. The second kappa shape index (κ2) is 5.71. The van der Waals surface area contributed by atoms with Crippen LogP contribution in [0.5, 0.6) is 0 Å². The molecular formula is C13H20BrIOSi. The van der Waals surface area contributed by atoms with Crippen LogP contribution in [0.4, 0.5) is 0 Å². The second-order valence-corrected chi connectivity index (χ2v) is 12.7. The Balaban J connectivity index is 2.77. The number of hydrogen-bond donors (Lipinski definition) is 0. The largest absolute Gasteiger partial charge is 0.413 e. The van der Waals surface area contributed by atoms with E-state index >= 15 is 0 Å². The molecule has 0 radical (unpaired) electrons. The SMILES string of the molecule is CC(C)(C)[Si](C)(C)OCc1cc(Br)ccc1I. The normalized spacial score (nSPS) is 12.9. The molecular weight excluding hydrogens is 407 g/mol. The lowest BCUT2D eigenvalue weighted by Crippen LogP contribution is -2.40. The molecule has 0 atom stereocenters. The molecule has 17 heavy (non-hydrogen) atoms. The fourth-order valence-electron chi connectivity index (χ4n) is 1.13. The van der Waals surface area contributed by atoms with Crippen LogP contribution >= 0.6 is 38.5 Å². The Hall–Kier alpha value is 0.607. The lowest BCUT2D eigenvalue weighted by atomic mass is 10.2. The van der Waals surface area contributed by atoms with Crippen molar-refractivity contribution in [3.63, 3.8) is 0 Å². The van der Waals surface area contributed by atoms with Gasteiger partial charge in [-0.3, -0.25) is 0 Å². The predicted octanol–water partition coefficient (Wildman–Crippen LogP) is 5.58. The Morgan fingerprint density at radius 2 is 1.88 bits per heavy atom. The maximum atomic E-state index is 6.23. The fraction of sp³-hybridized carbons (Fsp3) is 0.538. The first-order valence-corrected chi connectivity index (χ1v) is 10.5. The first-order valence-electron chi connectivity index (χ1n) is 5.71. The van der Waals surface area contributed by atoms with E-state index in [1.807, 2.05) is 0 Å². The van der Waals surface area contributed by atoms with Crippen molar-refractivity contribution in [2.75, 3.05) is 0 Å². The van der Waals surface area contributed by atoms with Crippen LogP contribution in [0, 0.1) is 3.57 Å². The van der Waals surface area contributed by atoms with Gasteiger partial charge in [-0.25, -0.2) is 0 Å². The lowest BCUT2D eigenvalue weighted by Gasteiger charge is -2.36. The van der Waals surface area contributed by atoms with Crippen molar-refractivity contribution in [1.82, 2.24) is 0 Å². The summed E-state index contributed by atoms with van der Waals surface area (Å²) in [4.78, 5) is 0. The lowest BCUT2D eigenvalue weighted by molar-refractivity contribution is 0.275. The van der Waals surface area contributed by atoms with E-state index < -0.39 is 8.32 Å². The van der Waals surface area contributed by atoms with E-state index in [-0.39, 0.29) is 5.04 Å². The zero-order chi connectivity index (χ0) is 13.3. The molecule has 0 fully saturated rings. The Morgan fingerprint density at radius 3 is 2.41 bits per heavy atom. The quantitative estimate of drug-likeness (QED) is 0.453. The molecule has 96 valence electrons. The summed E-state index contributed by atoms with van der Waals surface area (Å²) in [5.74, 6) is 0. The van der Waals surface area contributed by atoms with Crippen molar-refractivity contribution in [1.29, 1.82) is 0 Å². The Bertz CT molecular complexity index is 399. The van der Waals surface area contributed by atoms with Gasteiger partial charge in [-0.1, -0.05) is 36.7 Å². The van der Waals surface area contributed by atoms with E-state index in [0.29, 0.717) is 6.61 Å². The molecule has 0 unspecified atom stereocenters. The van der Waals surface area contributed by atoms with Crippen molar-refractivity contribution >= 4 is 46.8 Å². The second-order valence-electron chi connectivity index (χ2n) is 5.78. The molecule has 0 aromatic heterocycles. The van der Waals surface area contributed by atoms with Gasteiger partial charge in [0.25, 0.3) is 0 Å². The standard InChI is InChI=1S/C13H20BrIOSi/c1-13(2,3)17(4,5)16-9-10-8-11(14)6-7-12(10)15/h6-8H,9H2,1-5H3. The molecule has 0 aliphatic heterocycles. The number of halogens is 2. The Labute approximate surface area is 128 Å². The molecule has 0 saturated carbocycles. The van der Waals surface area contributed by atoms with Gasteiger partial charge in [-0.2, -0.15) is 0 Å². The fourth-order valence-corrected chi connectivity index (χ4v) is 2.98. The summed E-state index contributed by atoms with van der Waals surface area (Å²) in [5.41, 5.74) is 1.27. The summed E-state index contributed by atoms with van der Waals surface area (Å²) in [5, 5.41) is 0.268. The summed E-state index contributed by atoms with van der Waals surface area (Å²) in [6.07, 6.45) is 0. The van der Waals surface area contributed by atoms with Crippen molar-refractivity contribution < 1.29 is 4.43 Å². The van der Waals surface area contributed by atoms with Crippen molar-refractivity contribution in [3.05, 3.63) is 31.8 Å². The predicted molar refractivity (Wildman–Crippen MR) is 88.8 cm³/mol. The third kappa shape index (κ3) is 4.33. The van der Waals surface area contributed by atoms with Crippen LogP contribution in [0.15, 0.2) is 22.7 Å². The van der Waals surface area contributed by atoms with E-state index in [4.69, 9.17) is 4.43 Å². The molecule has 1 aromatic carbocycles. The molecule has 0 saturated heterocycles. The topological polar surface area (TPSA) is 9.23 Å². The van der Waals surface area contributed by atoms with Crippen molar-refractivity contribution in [3.8, 4) is 0 Å². The maximum absolute atomic E-state index is 6.23. The third-order valence-electron chi connectivity index (χ3n) is 3.40. The maximum Gasteiger partial charge on any atom is 0.192 e. The smallest absolute Gasteiger partial charge is 0.192 e. The van der Waals surface area contributed by atoms with Gasteiger partial charge in [0.2, 0.25) is 0 Å². The first kappa shape index (κ1) is 15.7. The third-order valence-corrected chi connectivity index (χ3v) is 9.43. The minimum atomic E-state index is -1.65. The van der Waals surface area contributed by atoms with Gasteiger partial charge in [0.1, 0.15) is 0 Å². The van der Waals surface area contributed by atoms with E-state index in [2.05, 4.69) is 90.6 Å². The summed E-state index contributed by atoms with van der Waals surface area (Å²) in [7, 11) is -1.65. The van der Waals surface area contributed by atoms with E-state index in [9.17, 15) is 0 Å². The van der Waals surface area contributed by atoms with Gasteiger partial charge >= 0.3 is 0 Å². The highest BCUT2D eigenvalue weighted by Crippen LogP contribution is 2.37. The molecule has 0 spiro atoms. The van der Waals surface area contributed by atoms with Crippen LogP contribution in [0.3, 0.4) is 0 Å². The summed E-state index contributed by atoms with van der Waals surface area (Å²) >= 11 is 5.87. The number of rotatable bonds is 3. The molecule has 1 nitrogen and oxygen atoms in total. The minimum Gasteiger partial charge on any atom is -0.413 e. The zero-order valence-electron chi connectivity index (χ0n) is 11.1.